The molecule has 1 unspecified atom stereocenters. The van der Waals surface area contributed by atoms with Crippen molar-refractivity contribution in [2.75, 3.05) is 13.3 Å². The van der Waals surface area contributed by atoms with Gasteiger partial charge in [0.15, 0.2) is 11.5 Å². The van der Waals surface area contributed by atoms with Gasteiger partial charge in [-0.1, -0.05) is 12.1 Å². The Hall–Kier alpha value is -3.46. The van der Waals surface area contributed by atoms with Crippen LogP contribution in [0.15, 0.2) is 46.9 Å². The Bertz CT molecular complexity index is 1270. The molecule has 2 aliphatic heterocycles. The molecule has 9 heteroatoms. The molecule has 1 saturated heterocycles. The number of rotatable bonds is 5. The third kappa shape index (κ3) is 3.48. The quantitative estimate of drug-likeness (QED) is 0.448. The van der Waals surface area contributed by atoms with Gasteiger partial charge in [0.25, 0.3) is 0 Å². The average molecular weight is 449 g/mol. The van der Waals surface area contributed by atoms with Crippen molar-refractivity contribution >= 4 is 27.5 Å². The zero-order chi connectivity index (χ0) is 21.5. The molecule has 0 bridgehead atoms. The maximum Gasteiger partial charge on any atom is 0.247 e. The highest BCUT2D eigenvalue weighted by atomic mass is 32.1. The number of likely N-dealkylation sites (tertiary alicyclic amines) is 1. The monoisotopic (exact) mass is 448 g/mol. The second kappa shape index (κ2) is 7.90. The second-order valence-electron chi connectivity index (χ2n) is 7.83. The first kappa shape index (κ1) is 19.2. The fourth-order valence-corrected chi connectivity index (χ4v) is 5.33. The average Bonchev–Trinajstić information content (AvgIpc) is 3.60. The number of para-hydroxylation sites is 1. The number of amides is 1. The van der Waals surface area contributed by atoms with E-state index in [0.717, 1.165) is 40.2 Å². The van der Waals surface area contributed by atoms with Crippen LogP contribution in [-0.2, 0) is 11.2 Å². The molecule has 2 aliphatic rings. The first-order valence-corrected chi connectivity index (χ1v) is 11.4. The lowest BCUT2D eigenvalue weighted by molar-refractivity contribution is -0.132. The zero-order valence-electron chi connectivity index (χ0n) is 17.2. The Labute approximate surface area is 187 Å². The Balaban J connectivity index is 1.13. The van der Waals surface area contributed by atoms with Crippen LogP contribution in [0.2, 0.25) is 0 Å². The van der Waals surface area contributed by atoms with Gasteiger partial charge in [-0.05, 0) is 43.2 Å². The summed E-state index contributed by atoms with van der Waals surface area (Å²) in [4.78, 5) is 19.7. The van der Waals surface area contributed by atoms with Gasteiger partial charge in [-0.25, -0.2) is 4.98 Å². The van der Waals surface area contributed by atoms with Crippen molar-refractivity contribution in [1.82, 2.24) is 20.1 Å². The minimum Gasteiger partial charge on any atom is -0.454 e. The number of hydrogen-bond acceptors (Lipinski definition) is 8. The van der Waals surface area contributed by atoms with Crippen LogP contribution in [0.5, 0.6) is 11.5 Å². The molecule has 4 aromatic rings. The maximum atomic E-state index is 13.0. The highest BCUT2D eigenvalue weighted by Gasteiger charge is 2.32. The van der Waals surface area contributed by atoms with Crippen molar-refractivity contribution in [3.63, 3.8) is 0 Å². The first-order chi connectivity index (χ1) is 15.7. The summed E-state index contributed by atoms with van der Waals surface area (Å²) >= 11 is 1.67. The molecule has 2 aromatic heterocycles. The second-order valence-corrected chi connectivity index (χ2v) is 8.90. The summed E-state index contributed by atoms with van der Waals surface area (Å²) in [5.74, 6) is 2.30. The van der Waals surface area contributed by atoms with Gasteiger partial charge in [0.1, 0.15) is 5.01 Å². The van der Waals surface area contributed by atoms with Gasteiger partial charge in [0.2, 0.25) is 24.5 Å². The smallest absolute Gasteiger partial charge is 0.247 e. The van der Waals surface area contributed by atoms with E-state index in [4.69, 9.17) is 18.9 Å². The van der Waals surface area contributed by atoms with Gasteiger partial charge < -0.3 is 18.8 Å². The number of nitrogens with zero attached hydrogens (tertiary/aromatic N) is 4. The Morgan fingerprint density at radius 2 is 2.03 bits per heavy atom. The predicted molar refractivity (Wildman–Crippen MR) is 117 cm³/mol. The predicted octanol–water partition coefficient (Wildman–Crippen LogP) is 4.37. The van der Waals surface area contributed by atoms with Crippen LogP contribution in [0.25, 0.3) is 21.7 Å². The molecule has 0 saturated carbocycles. The summed E-state index contributed by atoms with van der Waals surface area (Å²) in [6.07, 6.45) is 2.66. The lowest BCUT2D eigenvalue weighted by Crippen LogP contribution is -2.30. The van der Waals surface area contributed by atoms with Gasteiger partial charge in [0, 0.05) is 24.9 Å². The molecule has 0 N–H and O–H groups in total. The molecule has 0 aliphatic carbocycles. The number of hydrogen-bond donors (Lipinski definition) is 0. The van der Waals surface area contributed by atoms with Crippen molar-refractivity contribution in [3.8, 4) is 23.0 Å². The molecule has 2 aromatic carbocycles. The molecule has 8 nitrogen and oxygen atoms in total. The number of fused-ring (bicyclic) bond motifs is 2. The van der Waals surface area contributed by atoms with Crippen molar-refractivity contribution in [2.24, 2.45) is 0 Å². The van der Waals surface area contributed by atoms with Crippen molar-refractivity contribution in [1.29, 1.82) is 0 Å². The van der Waals surface area contributed by atoms with Crippen LogP contribution in [-0.4, -0.2) is 39.3 Å². The topological polar surface area (TPSA) is 90.6 Å². The van der Waals surface area contributed by atoms with Crippen LogP contribution in [0.1, 0.15) is 36.2 Å². The molecule has 0 radical (unpaired) electrons. The normalized spacial score (nSPS) is 17.4. The summed E-state index contributed by atoms with van der Waals surface area (Å²) in [5.41, 5.74) is 1.75. The minimum atomic E-state index is 0.0479. The molecule has 1 fully saturated rings. The summed E-state index contributed by atoms with van der Waals surface area (Å²) in [6.45, 7) is 0.968. The van der Waals surface area contributed by atoms with Crippen molar-refractivity contribution in [2.45, 2.75) is 31.7 Å². The Morgan fingerprint density at radius 1 is 1.12 bits per heavy atom. The first-order valence-electron chi connectivity index (χ1n) is 10.6. The molecular weight excluding hydrogens is 428 g/mol. The molecule has 1 atom stereocenters. The van der Waals surface area contributed by atoms with E-state index in [2.05, 4.69) is 16.3 Å². The van der Waals surface area contributed by atoms with E-state index in [1.165, 1.54) is 0 Å². The van der Waals surface area contributed by atoms with E-state index >= 15 is 0 Å². The number of aromatic nitrogens is 3. The number of carbonyl (C=O) groups is 1. The fraction of sp³-hybridized carbons (Fsp3) is 0.304. The minimum absolute atomic E-state index is 0.0479. The molecule has 4 heterocycles. The maximum absolute atomic E-state index is 13.0. The van der Waals surface area contributed by atoms with E-state index in [9.17, 15) is 4.79 Å². The third-order valence-electron chi connectivity index (χ3n) is 5.81. The van der Waals surface area contributed by atoms with E-state index in [0.29, 0.717) is 36.1 Å². The van der Waals surface area contributed by atoms with Gasteiger partial charge in [-0.3, -0.25) is 4.79 Å². The number of benzene rings is 2. The van der Waals surface area contributed by atoms with Crippen LogP contribution >= 0.6 is 11.3 Å². The lowest BCUT2D eigenvalue weighted by Gasteiger charge is -2.22. The van der Waals surface area contributed by atoms with Crippen LogP contribution < -0.4 is 9.47 Å². The van der Waals surface area contributed by atoms with Gasteiger partial charge in [-0.15, -0.1) is 21.5 Å². The van der Waals surface area contributed by atoms with Crippen LogP contribution in [0.4, 0.5) is 0 Å². The van der Waals surface area contributed by atoms with Gasteiger partial charge in [-0.2, -0.15) is 0 Å². The summed E-state index contributed by atoms with van der Waals surface area (Å²) in [5, 5.41) is 9.26. The number of carbonyl (C=O) groups excluding carboxylic acids is 1. The SMILES string of the molecule is O=C(CCc1nnc(-c2ccc3c(c2)OCO3)o1)N1CCCC1c1nc2ccccc2s1. The third-order valence-corrected chi connectivity index (χ3v) is 6.95. The number of ether oxygens (including phenoxy) is 2. The molecule has 1 amide bonds. The lowest BCUT2D eigenvalue weighted by atomic mass is 10.2. The van der Waals surface area contributed by atoms with E-state index in [1.807, 2.05) is 41.3 Å². The summed E-state index contributed by atoms with van der Waals surface area (Å²) in [6, 6.07) is 13.6. The van der Waals surface area contributed by atoms with Gasteiger partial charge >= 0.3 is 0 Å². The zero-order valence-corrected chi connectivity index (χ0v) is 18.0. The number of aryl methyl sites for hydroxylation is 1. The van der Waals surface area contributed by atoms with Gasteiger partial charge in [0.05, 0.1) is 16.3 Å². The summed E-state index contributed by atoms with van der Waals surface area (Å²) < 4.78 is 17.7. The van der Waals surface area contributed by atoms with Crippen LogP contribution in [0, 0.1) is 0 Å². The molecular formula is C23H20N4O4S. The number of thiazole rings is 1. The molecule has 6 rings (SSSR count). The fourth-order valence-electron chi connectivity index (χ4n) is 4.21. The van der Waals surface area contributed by atoms with E-state index in [1.54, 1.807) is 11.3 Å². The largest absolute Gasteiger partial charge is 0.454 e. The molecule has 162 valence electrons. The Kier molecular flexibility index (Phi) is 4.75. The van der Waals surface area contributed by atoms with E-state index < -0.39 is 0 Å². The highest BCUT2D eigenvalue weighted by Crippen LogP contribution is 2.37. The highest BCUT2D eigenvalue weighted by molar-refractivity contribution is 7.18. The molecule has 32 heavy (non-hydrogen) atoms. The summed E-state index contributed by atoms with van der Waals surface area (Å²) in [7, 11) is 0. The van der Waals surface area contributed by atoms with Crippen molar-refractivity contribution in [3.05, 3.63) is 53.4 Å². The van der Waals surface area contributed by atoms with Crippen LogP contribution in [0.3, 0.4) is 0 Å². The van der Waals surface area contributed by atoms with E-state index in [-0.39, 0.29) is 18.7 Å². The molecule has 0 spiro atoms. The Morgan fingerprint density at radius 3 is 2.97 bits per heavy atom. The standard InChI is InChI=1S/C23H20N4O4S/c28-21(27-11-3-5-16(27)23-24-15-4-1-2-6-19(15)32-23)10-9-20-25-26-22(31-20)14-7-8-17-18(12-14)30-13-29-17/h1-2,4,6-8,12,16H,3,5,9-11,13H2. The van der Waals surface area contributed by atoms with Crippen molar-refractivity contribution < 1.29 is 18.7 Å².